The first-order chi connectivity index (χ1) is 16.4. The van der Waals surface area contributed by atoms with Gasteiger partial charge in [-0.3, -0.25) is 9.59 Å². The van der Waals surface area contributed by atoms with Crippen molar-refractivity contribution in [1.29, 1.82) is 0 Å². The normalized spacial score (nSPS) is 16.2. The Bertz CT molecular complexity index is 1240. The first-order valence-electron chi connectivity index (χ1n) is 11.5. The Morgan fingerprint density at radius 2 is 1.85 bits per heavy atom. The number of amides is 1. The summed E-state index contributed by atoms with van der Waals surface area (Å²) in [6.07, 6.45) is 0. The summed E-state index contributed by atoms with van der Waals surface area (Å²) >= 11 is 0. The minimum Gasteiger partial charge on any atom is -0.503 e. The van der Waals surface area contributed by atoms with Crippen LogP contribution in [0.2, 0.25) is 0 Å². The van der Waals surface area contributed by atoms with Gasteiger partial charge in [-0.25, -0.2) is 0 Å². The predicted octanol–water partition coefficient (Wildman–Crippen LogP) is 4.67. The van der Waals surface area contributed by atoms with E-state index in [1.807, 2.05) is 43.3 Å². The van der Waals surface area contributed by atoms with Crippen LogP contribution in [0.1, 0.15) is 41.6 Å². The van der Waals surface area contributed by atoms with Gasteiger partial charge in [0, 0.05) is 18.5 Å². The fourth-order valence-corrected chi connectivity index (χ4v) is 4.44. The van der Waals surface area contributed by atoms with E-state index >= 15 is 0 Å². The van der Waals surface area contributed by atoms with Crippen molar-refractivity contribution in [2.24, 2.45) is 0 Å². The second-order valence-corrected chi connectivity index (χ2v) is 8.42. The van der Waals surface area contributed by atoms with Crippen molar-refractivity contribution in [2.45, 2.75) is 26.8 Å². The van der Waals surface area contributed by atoms with E-state index in [4.69, 9.17) is 9.15 Å². The summed E-state index contributed by atoms with van der Waals surface area (Å²) in [5, 5.41) is 11.6. The summed E-state index contributed by atoms with van der Waals surface area (Å²) in [6.45, 7) is 8.81. The smallest absolute Gasteiger partial charge is 0.290 e. The number of rotatable bonds is 9. The van der Waals surface area contributed by atoms with E-state index in [2.05, 4.69) is 18.7 Å². The van der Waals surface area contributed by atoms with Crippen LogP contribution in [0, 0.1) is 6.92 Å². The van der Waals surface area contributed by atoms with Crippen molar-refractivity contribution in [3.8, 4) is 5.75 Å². The van der Waals surface area contributed by atoms with Crippen LogP contribution in [0.5, 0.6) is 5.75 Å². The fraction of sp³-hybridized carbons (Fsp3) is 0.333. The van der Waals surface area contributed by atoms with E-state index < -0.39 is 23.5 Å². The number of methoxy groups -OCH3 is 1. The van der Waals surface area contributed by atoms with Gasteiger partial charge in [0.1, 0.15) is 0 Å². The molecule has 0 aliphatic carbocycles. The number of hydrogen-bond acceptors (Lipinski definition) is 6. The van der Waals surface area contributed by atoms with Crippen molar-refractivity contribution in [3.63, 3.8) is 0 Å². The second kappa shape index (κ2) is 9.73. The zero-order chi connectivity index (χ0) is 24.4. The van der Waals surface area contributed by atoms with E-state index in [-0.39, 0.29) is 11.3 Å². The van der Waals surface area contributed by atoms with Gasteiger partial charge in [-0.05, 0) is 37.7 Å². The summed E-state index contributed by atoms with van der Waals surface area (Å²) in [5.41, 5.74) is 2.31. The largest absolute Gasteiger partial charge is 0.503 e. The Balaban J connectivity index is 1.76. The van der Waals surface area contributed by atoms with E-state index in [0.717, 1.165) is 24.2 Å². The number of hydrogen-bond donors (Lipinski definition) is 1. The van der Waals surface area contributed by atoms with Crippen molar-refractivity contribution in [2.75, 3.05) is 33.3 Å². The molecule has 1 aromatic heterocycles. The Kier molecular flexibility index (Phi) is 6.75. The highest BCUT2D eigenvalue weighted by Crippen LogP contribution is 2.40. The molecular formula is C27H30N2O5. The van der Waals surface area contributed by atoms with Crippen LogP contribution in [-0.2, 0) is 4.79 Å². The summed E-state index contributed by atoms with van der Waals surface area (Å²) in [5.74, 6) is -1.03. The Morgan fingerprint density at radius 1 is 1.15 bits per heavy atom. The van der Waals surface area contributed by atoms with Crippen LogP contribution in [0.25, 0.3) is 11.0 Å². The number of aliphatic hydroxyl groups excluding tert-OH is 1. The fourth-order valence-electron chi connectivity index (χ4n) is 4.44. The molecule has 0 saturated carbocycles. The predicted molar refractivity (Wildman–Crippen MR) is 130 cm³/mol. The molecule has 0 saturated heterocycles. The molecule has 0 unspecified atom stereocenters. The number of ketones is 1. The number of likely N-dealkylation sites (N-methyl/N-ethyl adjacent to an activating group) is 1. The zero-order valence-corrected chi connectivity index (χ0v) is 20.0. The number of carbonyl (C=O) groups excluding carboxylic acids is 2. The number of nitrogens with zero attached hydrogens (tertiary/aromatic N) is 2. The molecule has 1 aliphatic rings. The maximum atomic E-state index is 13.7. The molecule has 0 radical (unpaired) electrons. The molecule has 1 aliphatic heterocycles. The standard InChI is InChI=1S/C27H30N2O5/c1-5-28(6-2)14-15-29-23(18-12-10-17(3)11-13-18)22(25(31)27(29)32)24(30)21-16-19-8-7-9-20(33-4)26(19)34-21/h7-13,16,23,31H,5-6,14-15H2,1-4H3/t23-/m0/s1. The molecule has 1 N–H and O–H groups in total. The molecule has 2 aromatic carbocycles. The minimum atomic E-state index is -0.703. The van der Waals surface area contributed by atoms with E-state index in [9.17, 15) is 14.7 Å². The molecule has 0 bridgehead atoms. The van der Waals surface area contributed by atoms with E-state index in [0.29, 0.717) is 29.8 Å². The van der Waals surface area contributed by atoms with Crippen molar-refractivity contribution in [1.82, 2.24) is 9.80 Å². The molecule has 34 heavy (non-hydrogen) atoms. The molecule has 178 valence electrons. The van der Waals surface area contributed by atoms with Gasteiger partial charge in [0.15, 0.2) is 22.9 Å². The van der Waals surface area contributed by atoms with Gasteiger partial charge < -0.3 is 24.1 Å². The zero-order valence-electron chi connectivity index (χ0n) is 20.0. The molecule has 7 nitrogen and oxygen atoms in total. The molecule has 2 heterocycles. The average Bonchev–Trinajstić information content (AvgIpc) is 3.39. The summed E-state index contributed by atoms with van der Waals surface area (Å²) < 4.78 is 11.2. The molecule has 7 heteroatoms. The third-order valence-corrected chi connectivity index (χ3v) is 6.44. The van der Waals surface area contributed by atoms with Crippen LogP contribution in [0.15, 0.2) is 64.3 Å². The lowest BCUT2D eigenvalue weighted by Crippen LogP contribution is -2.38. The third kappa shape index (κ3) is 4.19. The van der Waals surface area contributed by atoms with Gasteiger partial charge in [0.2, 0.25) is 5.78 Å². The number of furan rings is 1. The van der Waals surface area contributed by atoms with Gasteiger partial charge >= 0.3 is 0 Å². The number of aliphatic hydroxyl groups is 1. The lowest BCUT2D eigenvalue weighted by Gasteiger charge is -2.29. The molecule has 1 amide bonds. The maximum absolute atomic E-state index is 13.7. The van der Waals surface area contributed by atoms with Gasteiger partial charge in [0.25, 0.3) is 5.91 Å². The number of para-hydroxylation sites is 1. The number of ether oxygens (including phenoxy) is 1. The lowest BCUT2D eigenvalue weighted by molar-refractivity contribution is -0.129. The molecular weight excluding hydrogens is 432 g/mol. The summed E-state index contributed by atoms with van der Waals surface area (Å²) in [4.78, 5) is 30.6. The van der Waals surface area contributed by atoms with E-state index in [1.54, 1.807) is 17.0 Å². The van der Waals surface area contributed by atoms with Crippen LogP contribution in [0.3, 0.4) is 0 Å². The highest BCUT2D eigenvalue weighted by atomic mass is 16.5. The highest BCUT2D eigenvalue weighted by Gasteiger charge is 2.44. The van der Waals surface area contributed by atoms with Gasteiger partial charge in [-0.15, -0.1) is 0 Å². The first kappa shape index (κ1) is 23.6. The number of carbonyl (C=O) groups is 2. The molecule has 1 atom stereocenters. The van der Waals surface area contributed by atoms with Crippen molar-refractivity contribution < 1.29 is 23.8 Å². The number of Topliss-reactive ketones (excluding diaryl/α,β-unsaturated/α-hetero) is 1. The molecule has 3 aromatic rings. The monoisotopic (exact) mass is 462 g/mol. The Hall–Kier alpha value is -3.58. The van der Waals surface area contributed by atoms with Crippen LogP contribution < -0.4 is 4.74 Å². The van der Waals surface area contributed by atoms with Crippen molar-refractivity contribution in [3.05, 3.63) is 76.8 Å². The van der Waals surface area contributed by atoms with Crippen molar-refractivity contribution >= 4 is 22.7 Å². The Morgan fingerprint density at radius 3 is 2.50 bits per heavy atom. The Labute approximate surface area is 199 Å². The average molecular weight is 463 g/mol. The summed E-state index contributed by atoms with van der Waals surface area (Å²) in [7, 11) is 1.53. The van der Waals surface area contributed by atoms with Crippen LogP contribution in [-0.4, -0.2) is 59.9 Å². The van der Waals surface area contributed by atoms with Gasteiger partial charge in [0.05, 0.1) is 18.7 Å². The van der Waals surface area contributed by atoms with Gasteiger partial charge in [-0.2, -0.15) is 0 Å². The van der Waals surface area contributed by atoms with Crippen LogP contribution >= 0.6 is 0 Å². The van der Waals surface area contributed by atoms with Gasteiger partial charge in [-0.1, -0.05) is 55.8 Å². The topological polar surface area (TPSA) is 83.2 Å². The lowest BCUT2D eigenvalue weighted by atomic mass is 9.94. The molecule has 0 fully saturated rings. The highest BCUT2D eigenvalue weighted by molar-refractivity contribution is 6.16. The maximum Gasteiger partial charge on any atom is 0.290 e. The van der Waals surface area contributed by atoms with Crippen LogP contribution in [0.4, 0.5) is 0 Å². The first-order valence-corrected chi connectivity index (χ1v) is 11.5. The summed E-state index contributed by atoms with van der Waals surface area (Å²) in [6, 6.07) is 14.0. The molecule has 0 spiro atoms. The quantitative estimate of drug-likeness (QED) is 0.465. The SMILES string of the molecule is CCN(CC)CCN1C(=O)C(O)=C(C(=O)c2cc3cccc(OC)c3o2)[C@@H]1c1ccc(C)cc1. The second-order valence-electron chi connectivity index (χ2n) is 8.42. The van der Waals surface area contributed by atoms with E-state index in [1.165, 1.54) is 7.11 Å². The third-order valence-electron chi connectivity index (χ3n) is 6.44. The number of aryl methyl sites for hydroxylation is 1. The molecule has 4 rings (SSSR count). The minimum absolute atomic E-state index is 0.0337. The number of fused-ring (bicyclic) bond motifs is 1. The number of benzene rings is 2.